The lowest BCUT2D eigenvalue weighted by atomic mass is 10.2. The van der Waals surface area contributed by atoms with Crippen LogP contribution in [0, 0.1) is 6.92 Å². The Kier molecular flexibility index (Phi) is 5.40. The minimum Gasteiger partial charge on any atom is -0.494 e. The number of hydrazine groups is 1. The van der Waals surface area contributed by atoms with E-state index in [2.05, 4.69) is 20.4 Å². The first-order valence-corrected chi connectivity index (χ1v) is 8.84. The van der Waals surface area contributed by atoms with Gasteiger partial charge in [-0.2, -0.15) is 0 Å². The van der Waals surface area contributed by atoms with Crippen LogP contribution in [0.15, 0.2) is 42.5 Å². The highest BCUT2D eigenvalue weighted by molar-refractivity contribution is 6.00. The summed E-state index contributed by atoms with van der Waals surface area (Å²) in [6.45, 7) is 7.24. The molecule has 0 radical (unpaired) electrons. The summed E-state index contributed by atoms with van der Waals surface area (Å²) in [6, 6.07) is 12.0. The molecular weight excluding hydrogens is 344 g/mol. The van der Waals surface area contributed by atoms with E-state index in [-0.39, 0.29) is 0 Å². The molecule has 0 bridgehead atoms. The summed E-state index contributed by atoms with van der Waals surface area (Å²) in [5.41, 5.74) is 7.43. The predicted octanol–water partition coefficient (Wildman–Crippen LogP) is 2.84. The van der Waals surface area contributed by atoms with Gasteiger partial charge >= 0.3 is 0 Å². The van der Waals surface area contributed by atoms with Crippen LogP contribution in [0.25, 0.3) is 11.0 Å². The zero-order valence-electron chi connectivity index (χ0n) is 15.6. The number of aromatic nitrogens is 2. The van der Waals surface area contributed by atoms with Crippen LogP contribution >= 0.6 is 0 Å². The van der Waals surface area contributed by atoms with Crippen molar-refractivity contribution in [1.29, 1.82) is 0 Å². The lowest BCUT2D eigenvalue weighted by molar-refractivity contribution is 0.0846. The van der Waals surface area contributed by atoms with Crippen molar-refractivity contribution in [2.24, 2.45) is 0 Å². The molecular formula is C20H22N4O3. The number of hydrogen-bond donors (Lipinski definition) is 2. The van der Waals surface area contributed by atoms with Gasteiger partial charge in [0.15, 0.2) is 0 Å². The van der Waals surface area contributed by atoms with Gasteiger partial charge in [-0.25, -0.2) is 4.98 Å². The highest BCUT2D eigenvalue weighted by Crippen LogP contribution is 2.17. The maximum absolute atomic E-state index is 12.3. The number of amides is 2. The average molecular weight is 366 g/mol. The third-order valence-electron chi connectivity index (χ3n) is 4.23. The normalized spacial score (nSPS) is 10.6. The molecule has 1 aromatic heterocycles. The Balaban J connectivity index is 1.66. The molecule has 0 fully saturated rings. The Morgan fingerprint density at radius 2 is 1.63 bits per heavy atom. The third kappa shape index (κ3) is 3.92. The molecule has 0 saturated heterocycles. The summed E-state index contributed by atoms with van der Waals surface area (Å²) in [7, 11) is 0. The molecule has 1 heterocycles. The summed E-state index contributed by atoms with van der Waals surface area (Å²) >= 11 is 0. The molecule has 2 N–H and O–H groups in total. The van der Waals surface area contributed by atoms with E-state index in [1.807, 2.05) is 26.8 Å². The maximum Gasteiger partial charge on any atom is 0.269 e. The monoisotopic (exact) mass is 366 g/mol. The molecule has 0 spiro atoms. The summed E-state index contributed by atoms with van der Waals surface area (Å²) < 4.78 is 7.41. The van der Waals surface area contributed by atoms with Crippen molar-refractivity contribution in [1.82, 2.24) is 20.4 Å². The van der Waals surface area contributed by atoms with Gasteiger partial charge in [-0.1, -0.05) is 0 Å². The minimum absolute atomic E-state index is 0.403. The van der Waals surface area contributed by atoms with Crippen LogP contribution < -0.4 is 15.6 Å². The largest absolute Gasteiger partial charge is 0.494 e. The van der Waals surface area contributed by atoms with Gasteiger partial charge in [0.25, 0.3) is 11.8 Å². The second-order valence-corrected chi connectivity index (χ2v) is 5.97. The van der Waals surface area contributed by atoms with Crippen molar-refractivity contribution >= 4 is 22.8 Å². The topological polar surface area (TPSA) is 85.2 Å². The standard InChI is InChI=1S/C20H22N4O3/c1-4-24-13(3)21-17-12-15(8-11-18(17)24)20(26)23-22-19(25)14-6-9-16(10-7-14)27-5-2/h6-12H,4-5H2,1-3H3,(H,22,25)(H,23,26). The van der Waals surface area contributed by atoms with Gasteiger partial charge in [0.2, 0.25) is 0 Å². The molecule has 0 aliphatic carbocycles. The van der Waals surface area contributed by atoms with Crippen molar-refractivity contribution in [3.8, 4) is 5.75 Å². The Morgan fingerprint density at radius 3 is 2.26 bits per heavy atom. The van der Waals surface area contributed by atoms with E-state index < -0.39 is 11.8 Å². The molecule has 27 heavy (non-hydrogen) atoms. The summed E-state index contributed by atoms with van der Waals surface area (Å²) in [5.74, 6) is 0.778. The average Bonchev–Trinajstić information content (AvgIpc) is 3.00. The van der Waals surface area contributed by atoms with Crippen molar-refractivity contribution in [2.75, 3.05) is 6.61 Å². The Hall–Kier alpha value is -3.35. The highest BCUT2D eigenvalue weighted by atomic mass is 16.5. The summed E-state index contributed by atoms with van der Waals surface area (Å²) in [4.78, 5) is 29.0. The SMILES string of the molecule is CCOc1ccc(C(=O)NNC(=O)c2ccc3c(c2)nc(C)n3CC)cc1. The Morgan fingerprint density at radius 1 is 1.00 bits per heavy atom. The highest BCUT2D eigenvalue weighted by Gasteiger charge is 2.12. The molecule has 0 unspecified atom stereocenters. The molecule has 0 saturated carbocycles. The maximum atomic E-state index is 12.3. The number of nitrogens with zero attached hydrogens (tertiary/aromatic N) is 2. The van der Waals surface area contributed by atoms with Crippen LogP contribution in [0.1, 0.15) is 40.4 Å². The van der Waals surface area contributed by atoms with Crippen molar-refractivity contribution in [2.45, 2.75) is 27.3 Å². The van der Waals surface area contributed by atoms with Crippen molar-refractivity contribution in [3.63, 3.8) is 0 Å². The molecule has 0 aliphatic rings. The smallest absolute Gasteiger partial charge is 0.269 e. The third-order valence-corrected chi connectivity index (χ3v) is 4.23. The minimum atomic E-state index is -0.404. The van der Waals surface area contributed by atoms with Crippen LogP contribution in [0.3, 0.4) is 0 Å². The Bertz CT molecular complexity index is 977. The number of nitrogens with one attached hydrogen (secondary N) is 2. The number of benzene rings is 2. The van der Waals surface area contributed by atoms with E-state index in [4.69, 9.17) is 4.74 Å². The van der Waals surface area contributed by atoms with Gasteiger partial charge in [0.05, 0.1) is 17.6 Å². The zero-order valence-corrected chi connectivity index (χ0v) is 15.6. The number of imidazole rings is 1. The first-order valence-electron chi connectivity index (χ1n) is 8.84. The zero-order chi connectivity index (χ0) is 19.4. The fourth-order valence-electron chi connectivity index (χ4n) is 2.92. The number of carbonyl (C=O) groups excluding carboxylic acids is 2. The summed E-state index contributed by atoms with van der Waals surface area (Å²) in [5, 5.41) is 0. The van der Waals surface area contributed by atoms with E-state index in [1.54, 1.807) is 36.4 Å². The van der Waals surface area contributed by atoms with Gasteiger partial charge in [0.1, 0.15) is 11.6 Å². The fraction of sp³-hybridized carbons (Fsp3) is 0.250. The second kappa shape index (κ2) is 7.90. The lowest BCUT2D eigenvalue weighted by Gasteiger charge is -2.08. The van der Waals surface area contributed by atoms with E-state index in [1.165, 1.54) is 0 Å². The van der Waals surface area contributed by atoms with Gasteiger partial charge in [-0.05, 0) is 63.2 Å². The molecule has 140 valence electrons. The van der Waals surface area contributed by atoms with Gasteiger partial charge in [-0.3, -0.25) is 20.4 Å². The second-order valence-electron chi connectivity index (χ2n) is 5.97. The first-order chi connectivity index (χ1) is 13.0. The quantitative estimate of drug-likeness (QED) is 0.680. The van der Waals surface area contributed by atoms with E-state index in [0.717, 1.165) is 23.4 Å². The molecule has 0 atom stereocenters. The van der Waals surface area contributed by atoms with Gasteiger partial charge < -0.3 is 9.30 Å². The van der Waals surface area contributed by atoms with E-state index in [9.17, 15) is 9.59 Å². The molecule has 0 aliphatic heterocycles. The molecule has 2 aromatic carbocycles. The van der Waals surface area contributed by atoms with Crippen LogP contribution in [0.2, 0.25) is 0 Å². The molecule has 3 aromatic rings. The van der Waals surface area contributed by atoms with Crippen LogP contribution in [0.4, 0.5) is 0 Å². The van der Waals surface area contributed by atoms with Crippen LogP contribution in [-0.4, -0.2) is 28.0 Å². The van der Waals surface area contributed by atoms with Crippen LogP contribution in [-0.2, 0) is 6.54 Å². The number of hydrogen-bond acceptors (Lipinski definition) is 4. The first kappa shape index (κ1) is 18.4. The molecule has 2 amide bonds. The van der Waals surface area contributed by atoms with E-state index in [0.29, 0.717) is 23.5 Å². The number of rotatable bonds is 5. The molecule has 7 heteroatoms. The summed E-state index contributed by atoms with van der Waals surface area (Å²) in [6.07, 6.45) is 0. The van der Waals surface area contributed by atoms with Gasteiger partial charge in [-0.15, -0.1) is 0 Å². The lowest BCUT2D eigenvalue weighted by Crippen LogP contribution is -2.41. The van der Waals surface area contributed by atoms with Gasteiger partial charge in [0, 0.05) is 17.7 Å². The molecule has 3 rings (SSSR count). The Labute approximate surface area is 157 Å². The fourth-order valence-corrected chi connectivity index (χ4v) is 2.92. The number of ether oxygens (including phenoxy) is 1. The van der Waals surface area contributed by atoms with Crippen LogP contribution in [0.5, 0.6) is 5.75 Å². The van der Waals surface area contributed by atoms with E-state index >= 15 is 0 Å². The number of carbonyl (C=O) groups is 2. The van der Waals surface area contributed by atoms with Crippen molar-refractivity contribution < 1.29 is 14.3 Å². The molecule has 7 nitrogen and oxygen atoms in total. The number of fused-ring (bicyclic) bond motifs is 1. The number of aryl methyl sites for hydroxylation is 2. The predicted molar refractivity (Wildman–Crippen MR) is 103 cm³/mol. The van der Waals surface area contributed by atoms with Crippen molar-refractivity contribution in [3.05, 3.63) is 59.4 Å².